The Hall–Kier alpha value is -5.77. The van der Waals surface area contributed by atoms with E-state index in [0.29, 0.717) is 0 Å². The Morgan fingerprint density at radius 3 is 1.33 bits per heavy atom. The molecule has 0 atom stereocenters. The van der Waals surface area contributed by atoms with Gasteiger partial charge in [0.15, 0.2) is 8.07 Å². The average Bonchev–Trinajstić information content (AvgIpc) is 3.15. The van der Waals surface area contributed by atoms with Gasteiger partial charge in [0.1, 0.15) is 5.82 Å². The molecule has 0 saturated carbocycles. The molecule has 220 valence electrons. The molecule has 7 rings (SSSR count). The van der Waals surface area contributed by atoms with Crippen LogP contribution in [0.3, 0.4) is 0 Å². The van der Waals surface area contributed by atoms with Gasteiger partial charge >= 0.3 is 0 Å². The Labute approximate surface area is 272 Å². The van der Waals surface area contributed by atoms with Gasteiger partial charge in [-0.15, -0.1) is 0 Å². The van der Waals surface area contributed by atoms with E-state index in [2.05, 4.69) is 185 Å². The molecule has 0 N–H and O–H groups in total. The molecule has 7 aromatic rings. The van der Waals surface area contributed by atoms with Gasteiger partial charge in [0.25, 0.3) is 0 Å². The van der Waals surface area contributed by atoms with Gasteiger partial charge in [-0.3, -0.25) is 4.90 Å². The van der Waals surface area contributed by atoms with Crippen LogP contribution in [0.25, 0.3) is 17.2 Å². The molecule has 0 bridgehead atoms. The number of aromatic nitrogens is 1. The minimum atomic E-state index is -2.45. The zero-order valence-electron chi connectivity index (χ0n) is 25.5. The van der Waals surface area contributed by atoms with Gasteiger partial charge in [-0.2, -0.15) is 0 Å². The minimum absolute atomic E-state index is 0.888. The minimum Gasteiger partial charge on any atom is -0.295 e. The lowest BCUT2D eigenvalue weighted by atomic mass is 10.0. The van der Waals surface area contributed by atoms with Gasteiger partial charge in [0.2, 0.25) is 0 Å². The smallest absolute Gasteiger partial charge is 0.172 e. The Balaban J connectivity index is 1.21. The van der Waals surface area contributed by atoms with Crippen molar-refractivity contribution in [1.29, 1.82) is 0 Å². The van der Waals surface area contributed by atoms with Crippen LogP contribution in [-0.2, 0) is 0 Å². The highest BCUT2D eigenvalue weighted by atomic mass is 28.3. The maximum absolute atomic E-state index is 4.64. The highest BCUT2D eigenvalue weighted by Gasteiger charge is 2.36. The van der Waals surface area contributed by atoms with Crippen LogP contribution in [0.5, 0.6) is 0 Å². The van der Waals surface area contributed by atoms with Crippen LogP contribution in [0, 0.1) is 0 Å². The van der Waals surface area contributed by atoms with Gasteiger partial charge in [-0.05, 0) is 68.6 Å². The van der Waals surface area contributed by atoms with Crippen LogP contribution in [0.15, 0.2) is 200 Å². The molecule has 1 heterocycles. The fourth-order valence-electron chi connectivity index (χ4n) is 6.18. The highest BCUT2D eigenvalue weighted by molar-refractivity contribution is 7.15. The summed E-state index contributed by atoms with van der Waals surface area (Å²) in [5.74, 6) is 0.888. The molecule has 46 heavy (non-hydrogen) atoms. The van der Waals surface area contributed by atoms with E-state index in [-0.39, 0.29) is 0 Å². The van der Waals surface area contributed by atoms with E-state index in [1.165, 1.54) is 32.3 Å². The fraction of sp³-hybridized carbons (Fsp3) is 0. The maximum atomic E-state index is 4.64. The predicted molar refractivity (Wildman–Crippen MR) is 197 cm³/mol. The number of pyridine rings is 1. The molecule has 0 amide bonds. The Bertz CT molecular complexity index is 1860. The number of para-hydroxylation sites is 1. The van der Waals surface area contributed by atoms with E-state index in [4.69, 9.17) is 0 Å². The predicted octanol–water partition coefficient (Wildman–Crippen LogP) is 8.94. The number of hydrogen-bond donors (Lipinski definition) is 0. The molecule has 2 nitrogen and oxygen atoms in total. The summed E-state index contributed by atoms with van der Waals surface area (Å²) in [6.45, 7) is 0. The van der Waals surface area contributed by atoms with E-state index in [1.807, 2.05) is 30.5 Å². The third-order valence-corrected chi connectivity index (χ3v) is 12.9. The number of rotatable bonds is 9. The largest absolute Gasteiger partial charge is 0.295 e. The van der Waals surface area contributed by atoms with Crippen molar-refractivity contribution >= 4 is 46.9 Å². The first-order valence-electron chi connectivity index (χ1n) is 15.6. The molecule has 0 saturated heterocycles. The monoisotopic (exact) mass is 606 g/mol. The van der Waals surface area contributed by atoms with E-state index >= 15 is 0 Å². The molecule has 0 aliphatic carbocycles. The zero-order valence-corrected chi connectivity index (χ0v) is 26.5. The quantitative estimate of drug-likeness (QED) is 0.120. The Morgan fingerprint density at radius 1 is 0.413 bits per heavy atom. The lowest BCUT2D eigenvalue weighted by molar-refractivity contribution is 1.18. The van der Waals surface area contributed by atoms with Crippen LogP contribution >= 0.6 is 0 Å². The third kappa shape index (κ3) is 5.97. The van der Waals surface area contributed by atoms with Crippen LogP contribution in [0.2, 0.25) is 0 Å². The highest BCUT2D eigenvalue weighted by Crippen LogP contribution is 2.34. The summed E-state index contributed by atoms with van der Waals surface area (Å²) in [5.41, 5.74) is 8.18. The van der Waals surface area contributed by atoms with Crippen LogP contribution < -0.4 is 20.5 Å². The van der Waals surface area contributed by atoms with Gasteiger partial charge in [0.05, 0.1) is 0 Å². The van der Waals surface area contributed by atoms with Gasteiger partial charge in [0, 0.05) is 17.6 Å². The normalized spacial score (nSPS) is 11.4. The summed E-state index contributed by atoms with van der Waals surface area (Å²) >= 11 is 0. The van der Waals surface area contributed by atoms with E-state index in [1.54, 1.807) is 0 Å². The van der Waals surface area contributed by atoms with Crippen LogP contribution in [0.1, 0.15) is 5.56 Å². The second kappa shape index (κ2) is 13.5. The summed E-state index contributed by atoms with van der Waals surface area (Å²) in [5, 5.41) is 4.11. The summed E-state index contributed by atoms with van der Waals surface area (Å²) in [4.78, 5) is 6.82. The van der Waals surface area contributed by atoms with Crippen LogP contribution in [0.4, 0.5) is 17.2 Å². The zero-order chi connectivity index (χ0) is 31.0. The first-order chi connectivity index (χ1) is 22.8. The van der Waals surface area contributed by atoms with Crippen LogP contribution in [-0.4, -0.2) is 13.1 Å². The van der Waals surface area contributed by atoms with E-state index in [0.717, 1.165) is 17.2 Å². The van der Waals surface area contributed by atoms with Crippen molar-refractivity contribution in [2.75, 3.05) is 4.90 Å². The number of benzene rings is 6. The third-order valence-electron chi connectivity index (χ3n) is 8.48. The second-order valence-electron chi connectivity index (χ2n) is 11.3. The number of nitrogens with zero attached hydrogens (tertiary/aromatic N) is 2. The van der Waals surface area contributed by atoms with Crippen molar-refractivity contribution in [2.24, 2.45) is 0 Å². The van der Waals surface area contributed by atoms with Gasteiger partial charge < -0.3 is 0 Å². The topological polar surface area (TPSA) is 16.1 Å². The molecular formula is C43H34N2Si. The second-order valence-corrected chi connectivity index (χ2v) is 14.9. The van der Waals surface area contributed by atoms with Crippen molar-refractivity contribution < 1.29 is 0 Å². The molecule has 0 aliphatic rings. The Morgan fingerprint density at radius 2 is 0.848 bits per heavy atom. The summed E-state index contributed by atoms with van der Waals surface area (Å²) in [6.07, 6.45) is 4.15. The molecule has 0 aliphatic heterocycles. The van der Waals surface area contributed by atoms with Crippen molar-refractivity contribution in [3.05, 3.63) is 206 Å². The SMILES string of the molecule is C(=C[Si](c1ccccc1)(c1ccccc1)c1ccccc1)c1ccc(-c2ccc(N(c3ccccc3)c3ccccn3)cc2)cc1. The van der Waals surface area contributed by atoms with Crippen molar-refractivity contribution in [2.45, 2.75) is 0 Å². The molecular weight excluding hydrogens is 573 g/mol. The summed E-state index contributed by atoms with van der Waals surface area (Å²) in [6, 6.07) is 67.0. The first kappa shape index (κ1) is 29.0. The fourth-order valence-corrected chi connectivity index (χ4v) is 10.4. The molecule has 6 aromatic carbocycles. The average molecular weight is 607 g/mol. The number of hydrogen-bond acceptors (Lipinski definition) is 2. The standard InChI is InChI=1S/C43H34N2Si/c1-5-15-38(16-6-1)45(43-23-13-14-33-44-43)39-30-28-37(29-31-39)36-26-24-35(25-27-36)32-34-46(40-17-7-2-8-18-40,41-19-9-3-10-20-41)42-21-11-4-12-22-42/h1-34H. The molecule has 0 fully saturated rings. The first-order valence-corrected chi connectivity index (χ1v) is 17.7. The van der Waals surface area contributed by atoms with Gasteiger partial charge in [-0.1, -0.05) is 163 Å². The summed E-state index contributed by atoms with van der Waals surface area (Å²) < 4.78 is 0. The number of anilines is 3. The maximum Gasteiger partial charge on any atom is 0.172 e. The molecule has 0 spiro atoms. The van der Waals surface area contributed by atoms with Gasteiger partial charge in [-0.25, -0.2) is 4.98 Å². The van der Waals surface area contributed by atoms with E-state index < -0.39 is 8.07 Å². The van der Waals surface area contributed by atoms with Crippen molar-refractivity contribution in [3.63, 3.8) is 0 Å². The molecule has 0 unspecified atom stereocenters. The lowest BCUT2D eigenvalue weighted by Gasteiger charge is -2.30. The van der Waals surface area contributed by atoms with Crippen molar-refractivity contribution in [1.82, 2.24) is 4.98 Å². The Kier molecular flexibility index (Phi) is 8.48. The molecule has 1 aromatic heterocycles. The van der Waals surface area contributed by atoms with E-state index in [9.17, 15) is 0 Å². The molecule has 0 radical (unpaired) electrons. The van der Waals surface area contributed by atoms with Crippen molar-refractivity contribution in [3.8, 4) is 11.1 Å². The molecule has 3 heteroatoms. The summed E-state index contributed by atoms with van der Waals surface area (Å²) in [7, 11) is -2.45. The lowest BCUT2D eigenvalue weighted by Crippen LogP contribution is -2.66.